The summed E-state index contributed by atoms with van der Waals surface area (Å²) in [5.74, 6) is 0.543. The Labute approximate surface area is 172 Å². The zero-order valence-corrected chi connectivity index (χ0v) is 18.0. The highest BCUT2D eigenvalue weighted by atomic mass is 32.2. The van der Waals surface area contributed by atoms with Crippen LogP contribution in [0.15, 0.2) is 36.5 Å². The molecule has 1 atom stereocenters. The van der Waals surface area contributed by atoms with E-state index >= 15 is 0 Å². The Kier molecular flexibility index (Phi) is 6.64. The molecule has 29 heavy (non-hydrogen) atoms. The molecular formula is C21H28N4O3S. The Morgan fingerprint density at radius 2 is 1.90 bits per heavy atom. The fraction of sp³-hybridized carbons (Fsp3) is 0.476. The van der Waals surface area contributed by atoms with E-state index in [1.165, 1.54) is 4.31 Å². The van der Waals surface area contributed by atoms with E-state index in [1.807, 2.05) is 37.3 Å². The molecule has 1 saturated heterocycles. The Hall–Kier alpha value is -2.32. The summed E-state index contributed by atoms with van der Waals surface area (Å²) in [6.45, 7) is 4.73. The molecule has 156 valence electrons. The minimum Gasteiger partial charge on any atom is -0.338 e. The van der Waals surface area contributed by atoms with Crippen molar-refractivity contribution in [1.82, 2.24) is 19.2 Å². The maximum Gasteiger partial charge on any atom is 0.257 e. The van der Waals surface area contributed by atoms with E-state index in [0.29, 0.717) is 36.6 Å². The monoisotopic (exact) mass is 416 g/mol. The van der Waals surface area contributed by atoms with Gasteiger partial charge in [-0.05, 0) is 38.7 Å². The fourth-order valence-corrected chi connectivity index (χ4v) is 5.21. The van der Waals surface area contributed by atoms with Gasteiger partial charge in [-0.2, -0.15) is 0 Å². The lowest BCUT2D eigenvalue weighted by molar-refractivity contribution is 0.0758. The lowest BCUT2D eigenvalue weighted by atomic mass is 10.1. The number of carbonyl (C=O) groups excluding carboxylic acids is 1. The van der Waals surface area contributed by atoms with Crippen LogP contribution in [0.3, 0.4) is 0 Å². The van der Waals surface area contributed by atoms with Crippen LogP contribution in [-0.2, 0) is 15.8 Å². The Balaban J connectivity index is 1.66. The normalized spacial score (nSPS) is 17.9. The van der Waals surface area contributed by atoms with Gasteiger partial charge in [-0.15, -0.1) is 0 Å². The third-order valence-corrected chi connectivity index (χ3v) is 7.33. The first kappa shape index (κ1) is 21.4. The number of hydrogen-bond donors (Lipinski definition) is 0. The number of sulfonamides is 1. The number of hydrogen-bond acceptors (Lipinski definition) is 5. The topological polar surface area (TPSA) is 83.5 Å². The lowest BCUT2D eigenvalue weighted by Gasteiger charge is -2.27. The molecule has 8 heteroatoms. The van der Waals surface area contributed by atoms with E-state index in [4.69, 9.17) is 0 Å². The van der Waals surface area contributed by atoms with E-state index in [-0.39, 0.29) is 17.7 Å². The van der Waals surface area contributed by atoms with E-state index in [9.17, 15) is 13.2 Å². The summed E-state index contributed by atoms with van der Waals surface area (Å²) in [5.41, 5.74) is 1.96. The van der Waals surface area contributed by atoms with Gasteiger partial charge in [0, 0.05) is 32.4 Å². The summed E-state index contributed by atoms with van der Waals surface area (Å²) >= 11 is 0. The quantitative estimate of drug-likeness (QED) is 0.748. The first-order valence-corrected chi connectivity index (χ1v) is 11.5. The van der Waals surface area contributed by atoms with E-state index in [2.05, 4.69) is 9.97 Å². The highest BCUT2D eigenvalue weighted by molar-refractivity contribution is 7.88. The molecule has 0 spiro atoms. The van der Waals surface area contributed by atoms with Gasteiger partial charge in [0.15, 0.2) is 0 Å². The van der Waals surface area contributed by atoms with Gasteiger partial charge in [0.1, 0.15) is 5.82 Å². The van der Waals surface area contributed by atoms with Crippen LogP contribution in [0.25, 0.3) is 0 Å². The van der Waals surface area contributed by atoms with E-state index in [0.717, 1.165) is 18.4 Å². The van der Waals surface area contributed by atoms with Gasteiger partial charge in [-0.25, -0.2) is 22.7 Å². The molecule has 0 saturated carbocycles. The Morgan fingerprint density at radius 1 is 1.17 bits per heavy atom. The second kappa shape index (κ2) is 9.00. The molecule has 1 fully saturated rings. The molecule has 3 rings (SSSR count). The Morgan fingerprint density at radius 3 is 2.59 bits per heavy atom. The first-order chi connectivity index (χ1) is 13.8. The minimum atomic E-state index is -3.42. The predicted molar refractivity (Wildman–Crippen MR) is 112 cm³/mol. The number of aromatic nitrogens is 2. The smallest absolute Gasteiger partial charge is 0.257 e. The number of likely N-dealkylation sites (tertiary alicyclic amines) is 1. The van der Waals surface area contributed by atoms with Crippen LogP contribution >= 0.6 is 0 Å². The van der Waals surface area contributed by atoms with Crippen molar-refractivity contribution in [2.75, 3.05) is 20.1 Å². The molecule has 1 aromatic heterocycles. The van der Waals surface area contributed by atoms with Crippen LogP contribution in [0.1, 0.15) is 46.7 Å². The third kappa shape index (κ3) is 5.19. The van der Waals surface area contributed by atoms with Crippen LogP contribution in [0.4, 0.5) is 0 Å². The maximum absolute atomic E-state index is 12.9. The number of carbonyl (C=O) groups is 1. The average molecular weight is 417 g/mol. The standard InChI is InChI=1S/C21H28N4O3S/c1-16-20(14-22-17(2)23-16)21(26)25-12-7-10-19(11-13-25)24(3)29(27,28)15-18-8-5-4-6-9-18/h4-6,8-9,14,19H,7,10-13,15H2,1-3H3/t19-/m1/s1. The van der Waals surface area contributed by atoms with E-state index in [1.54, 1.807) is 25.1 Å². The highest BCUT2D eigenvalue weighted by Gasteiger charge is 2.30. The molecule has 0 bridgehead atoms. The molecule has 7 nitrogen and oxygen atoms in total. The van der Waals surface area contributed by atoms with Crippen molar-refractivity contribution in [1.29, 1.82) is 0 Å². The van der Waals surface area contributed by atoms with Crippen LogP contribution in [0, 0.1) is 13.8 Å². The first-order valence-electron chi connectivity index (χ1n) is 9.87. The van der Waals surface area contributed by atoms with Gasteiger partial charge in [0.2, 0.25) is 10.0 Å². The lowest BCUT2D eigenvalue weighted by Crippen LogP contribution is -2.39. The van der Waals surface area contributed by atoms with Crippen molar-refractivity contribution in [3.63, 3.8) is 0 Å². The number of benzene rings is 1. The summed E-state index contributed by atoms with van der Waals surface area (Å²) < 4.78 is 27.2. The van der Waals surface area contributed by atoms with Crippen molar-refractivity contribution in [2.45, 2.75) is 44.9 Å². The molecule has 0 N–H and O–H groups in total. The van der Waals surface area contributed by atoms with Crippen LogP contribution in [0.5, 0.6) is 0 Å². The summed E-state index contributed by atoms with van der Waals surface area (Å²) in [4.78, 5) is 23.1. The second-order valence-corrected chi connectivity index (χ2v) is 9.58. The van der Waals surface area contributed by atoms with Gasteiger partial charge in [0.05, 0.1) is 17.0 Å². The predicted octanol–water partition coefficient (Wildman–Crippen LogP) is 2.55. The Bertz CT molecular complexity index is 963. The zero-order chi connectivity index (χ0) is 21.0. The fourth-order valence-electron chi connectivity index (χ4n) is 3.72. The molecule has 1 aliphatic heterocycles. The third-order valence-electron chi connectivity index (χ3n) is 5.46. The number of nitrogens with zero attached hydrogens (tertiary/aromatic N) is 4. The van der Waals surface area contributed by atoms with Crippen LogP contribution in [0.2, 0.25) is 0 Å². The molecule has 2 heterocycles. The summed E-state index contributed by atoms with van der Waals surface area (Å²) in [6.07, 6.45) is 3.69. The largest absolute Gasteiger partial charge is 0.338 e. The summed E-state index contributed by atoms with van der Waals surface area (Å²) in [6, 6.07) is 9.10. The SMILES string of the molecule is Cc1ncc(C(=O)N2CCC[C@@H](N(C)S(=O)(=O)Cc3ccccc3)CC2)c(C)n1. The van der Waals surface area contributed by atoms with Crippen LogP contribution in [-0.4, -0.2) is 59.7 Å². The second-order valence-electron chi connectivity index (χ2n) is 7.55. The van der Waals surface area contributed by atoms with Crippen molar-refractivity contribution >= 4 is 15.9 Å². The zero-order valence-electron chi connectivity index (χ0n) is 17.2. The average Bonchev–Trinajstić information content (AvgIpc) is 2.93. The molecular weight excluding hydrogens is 388 g/mol. The molecule has 0 unspecified atom stereocenters. The number of rotatable bonds is 5. The molecule has 1 aromatic carbocycles. The molecule has 1 aliphatic rings. The van der Waals surface area contributed by atoms with Crippen molar-refractivity contribution in [3.05, 3.63) is 59.2 Å². The van der Waals surface area contributed by atoms with Gasteiger partial charge in [-0.3, -0.25) is 4.79 Å². The summed E-state index contributed by atoms with van der Waals surface area (Å²) in [7, 11) is -1.77. The van der Waals surface area contributed by atoms with Gasteiger partial charge < -0.3 is 4.90 Å². The molecule has 0 radical (unpaired) electrons. The van der Waals surface area contributed by atoms with Gasteiger partial charge >= 0.3 is 0 Å². The highest BCUT2D eigenvalue weighted by Crippen LogP contribution is 2.22. The van der Waals surface area contributed by atoms with Crippen molar-refractivity contribution in [2.24, 2.45) is 0 Å². The molecule has 1 amide bonds. The van der Waals surface area contributed by atoms with Crippen LogP contribution < -0.4 is 0 Å². The van der Waals surface area contributed by atoms with Gasteiger partial charge in [0.25, 0.3) is 5.91 Å². The molecule has 0 aliphatic carbocycles. The summed E-state index contributed by atoms with van der Waals surface area (Å²) in [5, 5.41) is 0. The van der Waals surface area contributed by atoms with E-state index < -0.39 is 10.0 Å². The van der Waals surface area contributed by atoms with Crippen molar-refractivity contribution in [3.8, 4) is 0 Å². The van der Waals surface area contributed by atoms with Gasteiger partial charge in [-0.1, -0.05) is 30.3 Å². The minimum absolute atomic E-state index is 0.0105. The van der Waals surface area contributed by atoms with Crippen molar-refractivity contribution < 1.29 is 13.2 Å². The number of aryl methyl sites for hydroxylation is 2. The number of amides is 1. The molecule has 2 aromatic rings. The maximum atomic E-state index is 12.9.